The lowest BCUT2D eigenvalue weighted by molar-refractivity contribution is 0.0791. The first-order valence-corrected chi connectivity index (χ1v) is 6.26. The molecule has 0 aliphatic carbocycles. The van der Waals surface area contributed by atoms with Crippen molar-refractivity contribution in [2.45, 2.75) is 39.8 Å². The second-order valence-electron chi connectivity index (χ2n) is 5.06. The van der Waals surface area contributed by atoms with Gasteiger partial charge in [-0.1, -0.05) is 44.2 Å². The van der Waals surface area contributed by atoms with E-state index in [-0.39, 0.29) is 11.8 Å². The van der Waals surface area contributed by atoms with Gasteiger partial charge in [0, 0.05) is 11.6 Å². The summed E-state index contributed by atoms with van der Waals surface area (Å²) < 4.78 is 0. The first-order valence-electron chi connectivity index (χ1n) is 6.26. The predicted octanol–water partition coefficient (Wildman–Crippen LogP) is 3.23. The van der Waals surface area contributed by atoms with E-state index in [0.717, 1.165) is 5.56 Å². The third kappa shape index (κ3) is 3.40. The van der Waals surface area contributed by atoms with Crippen molar-refractivity contribution in [2.75, 3.05) is 7.05 Å². The maximum Gasteiger partial charge on any atom is 0.179 e. The molecule has 1 aromatic rings. The van der Waals surface area contributed by atoms with Crippen LogP contribution in [-0.2, 0) is 0 Å². The molecule has 0 radical (unpaired) electrons. The average Bonchev–Trinajstić information content (AvgIpc) is 2.36. The molecule has 1 rings (SSSR count). The molecule has 94 valence electrons. The van der Waals surface area contributed by atoms with Crippen LogP contribution in [0.15, 0.2) is 30.3 Å². The Bertz CT molecular complexity index is 358. The maximum absolute atomic E-state index is 12.3. The lowest BCUT2D eigenvalue weighted by atomic mass is 9.99. The Balaban J connectivity index is 2.77. The zero-order valence-corrected chi connectivity index (χ0v) is 11.5. The van der Waals surface area contributed by atoms with Crippen molar-refractivity contribution in [3.8, 4) is 0 Å². The Morgan fingerprint density at radius 1 is 1.06 bits per heavy atom. The molecule has 2 nitrogen and oxygen atoms in total. The fourth-order valence-electron chi connectivity index (χ4n) is 1.85. The smallest absolute Gasteiger partial charge is 0.179 e. The monoisotopic (exact) mass is 233 g/mol. The van der Waals surface area contributed by atoms with Crippen LogP contribution >= 0.6 is 0 Å². The molecule has 2 atom stereocenters. The standard InChI is InChI=1S/C15H23NO/c1-11(2)12(3)16(5)13(4)15(17)14-9-7-6-8-10-14/h6-13H,1-5H3. The van der Waals surface area contributed by atoms with E-state index in [4.69, 9.17) is 0 Å². The number of ketones is 1. The summed E-state index contributed by atoms with van der Waals surface area (Å²) in [6, 6.07) is 9.84. The molecular weight excluding hydrogens is 210 g/mol. The SMILES string of the molecule is CC(C)C(C)N(C)C(C)C(=O)c1ccccc1. The first kappa shape index (κ1) is 13.9. The first-order chi connectivity index (χ1) is 7.95. The van der Waals surface area contributed by atoms with E-state index in [9.17, 15) is 4.79 Å². The third-order valence-electron chi connectivity index (χ3n) is 3.66. The van der Waals surface area contributed by atoms with Gasteiger partial charge in [0.2, 0.25) is 0 Å². The van der Waals surface area contributed by atoms with Crippen molar-refractivity contribution in [2.24, 2.45) is 5.92 Å². The van der Waals surface area contributed by atoms with Gasteiger partial charge >= 0.3 is 0 Å². The summed E-state index contributed by atoms with van der Waals surface area (Å²) in [5, 5.41) is 0. The van der Waals surface area contributed by atoms with Crippen molar-refractivity contribution >= 4 is 5.78 Å². The molecule has 0 saturated heterocycles. The molecule has 0 fully saturated rings. The molecule has 0 spiro atoms. The molecule has 0 amide bonds. The molecule has 1 aromatic carbocycles. The highest BCUT2D eigenvalue weighted by Gasteiger charge is 2.24. The Morgan fingerprint density at radius 3 is 2.06 bits per heavy atom. The predicted molar refractivity (Wildman–Crippen MR) is 72.3 cm³/mol. The topological polar surface area (TPSA) is 20.3 Å². The summed E-state index contributed by atoms with van der Waals surface area (Å²) in [7, 11) is 2.02. The van der Waals surface area contributed by atoms with Gasteiger partial charge in [-0.3, -0.25) is 9.69 Å². The fourth-order valence-corrected chi connectivity index (χ4v) is 1.85. The van der Waals surface area contributed by atoms with E-state index in [0.29, 0.717) is 12.0 Å². The van der Waals surface area contributed by atoms with Gasteiger partial charge in [-0.05, 0) is 26.8 Å². The number of hydrogen-bond donors (Lipinski definition) is 0. The number of carbonyl (C=O) groups excluding carboxylic acids is 1. The van der Waals surface area contributed by atoms with Crippen LogP contribution in [0.3, 0.4) is 0 Å². The second-order valence-corrected chi connectivity index (χ2v) is 5.06. The number of rotatable bonds is 5. The van der Waals surface area contributed by atoms with E-state index in [1.165, 1.54) is 0 Å². The van der Waals surface area contributed by atoms with Crippen molar-refractivity contribution in [3.05, 3.63) is 35.9 Å². The number of hydrogen-bond acceptors (Lipinski definition) is 2. The van der Waals surface area contributed by atoms with Crippen molar-refractivity contribution in [3.63, 3.8) is 0 Å². The quantitative estimate of drug-likeness (QED) is 0.728. The minimum atomic E-state index is -0.0743. The van der Waals surface area contributed by atoms with Crippen LogP contribution in [-0.4, -0.2) is 29.8 Å². The van der Waals surface area contributed by atoms with Crippen LogP contribution < -0.4 is 0 Å². The zero-order valence-electron chi connectivity index (χ0n) is 11.5. The third-order valence-corrected chi connectivity index (χ3v) is 3.66. The molecule has 0 bridgehead atoms. The summed E-state index contributed by atoms with van der Waals surface area (Å²) in [6.07, 6.45) is 0. The largest absolute Gasteiger partial charge is 0.294 e. The molecule has 2 heteroatoms. The van der Waals surface area contributed by atoms with Gasteiger partial charge in [-0.25, -0.2) is 0 Å². The minimum absolute atomic E-state index is 0.0743. The van der Waals surface area contributed by atoms with E-state index < -0.39 is 0 Å². The van der Waals surface area contributed by atoms with Gasteiger partial charge < -0.3 is 0 Å². The van der Waals surface area contributed by atoms with Gasteiger partial charge in [0.05, 0.1) is 6.04 Å². The highest BCUT2D eigenvalue weighted by atomic mass is 16.1. The van der Waals surface area contributed by atoms with E-state index >= 15 is 0 Å². The van der Waals surface area contributed by atoms with Gasteiger partial charge in [-0.2, -0.15) is 0 Å². The van der Waals surface area contributed by atoms with Crippen LogP contribution in [0.5, 0.6) is 0 Å². The molecule has 17 heavy (non-hydrogen) atoms. The highest BCUT2D eigenvalue weighted by Crippen LogP contribution is 2.14. The number of nitrogens with zero attached hydrogens (tertiary/aromatic N) is 1. The fraction of sp³-hybridized carbons (Fsp3) is 0.533. The number of carbonyl (C=O) groups is 1. The van der Waals surface area contributed by atoms with Crippen molar-refractivity contribution < 1.29 is 4.79 Å². The van der Waals surface area contributed by atoms with Crippen LogP contribution in [0.1, 0.15) is 38.1 Å². The summed E-state index contributed by atoms with van der Waals surface area (Å²) in [4.78, 5) is 14.4. The Hall–Kier alpha value is -1.15. The van der Waals surface area contributed by atoms with Crippen LogP contribution in [0.2, 0.25) is 0 Å². The summed E-state index contributed by atoms with van der Waals surface area (Å²) in [5.74, 6) is 0.742. The maximum atomic E-state index is 12.3. The Labute approximate surface area is 105 Å². The second kappa shape index (κ2) is 5.97. The molecular formula is C15H23NO. The van der Waals surface area contributed by atoms with Crippen LogP contribution in [0.25, 0.3) is 0 Å². The zero-order chi connectivity index (χ0) is 13.0. The van der Waals surface area contributed by atoms with Gasteiger partial charge in [0.1, 0.15) is 0 Å². The van der Waals surface area contributed by atoms with Gasteiger partial charge in [0.15, 0.2) is 5.78 Å². The normalized spacial score (nSPS) is 15.0. The van der Waals surface area contributed by atoms with Crippen molar-refractivity contribution in [1.82, 2.24) is 4.90 Å². The Morgan fingerprint density at radius 2 is 1.59 bits per heavy atom. The number of benzene rings is 1. The number of Topliss-reactive ketones (excluding diaryl/α,β-unsaturated/α-hetero) is 1. The minimum Gasteiger partial charge on any atom is -0.294 e. The van der Waals surface area contributed by atoms with Gasteiger partial charge in [0.25, 0.3) is 0 Å². The summed E-state index contributed by atoms with van der Waals surface area (Å²) in [5.41, 5.74) is 0.794. The molecule has 0 aliphatic heterocycles. The van der Waals surface area contributed by atoms with Crippen LogP contribution in [0.4, 0.5) is 0 Å². The molecule has 0 N–H and O–H groups in total. The molecule has 0 saturated carbocycles. The Kier molecular flexibility index (Phi) is 4.88. The average molecular weight is 233 g/mol. The molecule has 0 aliphatic rings. The highest BCUT2D eigenvalue weighted by molar-refractivity contribution is 5.99. The molecule has 0 heterocycles. The van der Waals surface area contributed by atoms with E-state index in [2.05, 4.69) is 25.7 Å². The van der Waals surface area contributed by atoms with Gasteiger partial charge in [-0.15, -0.1) is 0 Å². The van der Waals surface area contributed by atoms with E-state index in [1.54, 1.807) is 0 Å². The molecule has 0 aromatic heterocycles. The number of likely N-dealkylation sites (N-methyl/N-ethyl adjacent to an activating group) is 1. The molecule has 2 unspecified atom stereocenters. The van der Waals surface area contributed by atoms with Crippen molar-refractivity contribution in [1.29, 1.82) is 0 Å². The lowest BCUT2D eigenvalue weighted by Gasteiger charge is -2.32. The van der Waals surface area contributed by atoms with E-state index in [1.807, 2.05) is 44.3 Å². The van der Waals surface area contributed by atoms with Crippen LogP contribution in [0, 0.1) is 5.92 Å². The summed E-state index contributed by atoms with van der Waals surface area (Å²) in [6.45, 7) is 8.51. The lowest BCUT2D eigenvalue weighted by Crippen LogP contribution is -2.43. The summed E-state index contributed by atoms with van der Waals surface area (Å²) >= 11 is 0.